The monoisotopic (exact) mass is 417 g/mol. The predicted molar refractivity (Wildman–Crippen MR) is 103 cm³/mol. The Kier molecular flexibility index (Phi) is 4.75. The topological polar surface area (TPSA) is 60.2 Å². The zero-order valence-electron chi connectivity index (χ0n) is 15.0. The highest BCUT2D eigenvalue weighted by Crippen LogP contribution is 2.37. The van der Waals surface area contributed by atoms with Crippen LogP contribution in [-0.2, 0) is 6.18 Å². The minimum absolute atomic E-state index is 0.0468. The molecule has 0 unspecified atom stereocenters. The van der Waals surface area contributed by atoms with Gasteiger partial charge >= 0.3 is 6.18 Å². The van der Waals surface area contributed by atoms with Crippen molar-refractivity contribution in [2.75, 3.05) is 7.11 Å². The molecule has 0 fully saturated rings. The number of hydrogen-bond acceptors (Lipinski definition) is 5. The normalized spacial score (nSPS) is 11.6. The second kappa shape index (κ2) is 7.25. The van der Waals surface area contributed by atoms with Gasteiger partial charge in [-0.05, 0) is 30.3 Å². The molecule has 4 rings (SSSR count). The van der Waals surface area contributed by atoms with E-state index in [2.05, 4.69) is 10.1 Å². The summed E-state index contributed by atoms with van der Waals surface area (Å²) in [7, 11) is 1.45. The smallest absolute Gasteiger partial charge is 0.433 e. The van der Waals surface area contributed by atoms with Crippen LogP contribution in [-0.4, -0.2) is 27.0 Å². The SMILES string of the molecule is COc1ccccc1-c1cc(C(F)(F)F)n(-c2nc(-c3cccc(O)c3)cs2)n1. The summed E-state index contributed by atoms with van der Waals surface area (Å²) in [6.07, 6.45) is -4.62. The Labute approximate surface area is 167 Å². The Morgan fingerprint density at radius 3 is 2.55 bits per heavy atom. The molecule has 9 heteroatoms. The van der Waals surface area contributed by atoms with E-state index in [1.807, 2.05) is 0 Å². The summed E-state index contributed by atoms with van der Waals surface area (Å²) in [5.74, 6) is 0.469. The van der Waals surface area contributed by atoms with Gasteiger partial charge in [0, 0.05) is 16.5 Å². The molecule has 0 amide bonds. The number of alkyl halides is 3. The molecule has 1 N–H and O–H groups in total. The van der Waals surface area contributed by atoms with Crippen LogP contribution in [0.25, 0.3) is 27.6 Å². The molecule has 2 aromatic carbocycles. The molecule has 148 valence electrons. The van der Waals surface area contributed by atoms with Gasteiger partial charge in [0.1, 0.15) is 11.5 Å². The summed E-state index contributed by atoms with van der Waals surface area (Å²) in [4.78, 5) is 4.29. The van der Waals surface area contributed by atoms with Gasteiger partial charge in [0.05, 0.1) is 18.5 Å². The van der Waals surface area contributed by atoms with Gasteiger partial charge in [0.2, 0.25) is 5.13 Å². The van der Waals surface area contributed by atoms with Gasteiger partial charge in [-0.15, -0.1) is 11.3 Å². The number of para-hydroxylation sites is 1. The van der Waals surface area contributed by atoms with Gasteiger partial charge in [-0.1, -0.05) is 24.3 Å². The zero-order valence-corrected chi connectivity index (χ0v) is 15.8. The largest absolute Gasteiger partial charge is 0.508 e. The number of nitrogens with zero attached hydrogens (tertiary/aromatic N) is 3. The summed E-state index contributed by atoms with van der Waals surface area (Å²) >= 11 is 1.03. The molecule has 2 aromatic heterocycles. The maximum absolute atomic E-state index is 13.7. The molecule has 0 atom stereocenters. The molecule has 0 aliphatic heterocycles. The first kappa shape index (κ1) is 19.0. The average Bonchev–Trinajstić information content (AvgIpc) is 3.35. The molecular formula is C20H14F3N3O2S. The van der Waals surface area contributed by atoms with Crippen molar-refractivity contribution in [2.24, 2.45) is 0 Å². The quantitative estimate of drug-likeness (QED) is 0.483. The molecule has 5 nitrogen and oxygen atoms in total. The highest BCUT2D eigenvalue weighted by Gasteiger charge is 2.37. The second-order valence-corrected chi connectivity index (χ2v) is 6.93. The van der Waals surface area contributed by atoms with Crippen LogP contribution in [0.4, 0.5) is 13.2 Å². The fourth-order valence-corrected chi connectivity index (χ4v) is 3.67. The maximum Gasteiger partial charge on any atom is 0.433 e. The number of thiazole rings is 1. The number of phenols is 1. The summed E-state index contributed by atoms with van der Waals surface area (Å²) in [6, 6.07) is 14.1. The molecule has 2 heterocycles. The van der Waals surface area contributed by atoms with Gasteiger partial charge in [-0.2, -0.15) is 18.3 Å². The molecular weight excluding hydrogens is 403 g/mol. The molecule has 0 radical (unpaired) electrons. The number of rotatable bonds is 4. The van der Waals surface area contributed by atoms with Gasteiger partial charge < -0.3 is 9.84 Å². The fraction of sp³-hybridized carbons (Fsp3) is 0.100. The predicted octanol–water partition coefficient (Wildman–Crippen LogP) is 5.40. The molecule has 0 bridgehead atoms. The Hall–Kier alpha value is -3.33. The number of methoxy groups -OCH3 is 1. The third kappa shape index (κ3) is 3.68. The van der Waals surface area contributed by atoms with E-state index in [1.54, 1.807) is 41.8 Å². The molecule has 0 aliphatic rings. The lowest BCUT2D eigenvalue weighted by atomic mass is 10.1. The lowest BCUT2D eigenvalue weighted by Gasteiger charge is -2.07. The molecule has 0 spiro atoms. The van der Waals surface area contributed by atoms with Crippen LogP contribution >= 0.6 is 11.3 Å². The Morgan fingerprint density at radius 2 is 1.83 bits per heavy atom. The second-order valence-electron chi connectivity index (χ2n) is 6.09. The zero-order chi connectivity index (χ0) is 20.6. The summed E-state index contributed by atoms with van der Waals surface area (Å²) in [6.45, 7) is 0. The molecule has 0 saturated heterocycles. The fourth-order valence-electron chi connectivity index (χ4n) is 2.88. The van der Waals surface area contributed by atoms with Crippen molar-refractivity contribution >= 4 is 11.3 Å². The summed E-state index contributed by atoms with van der Waals surface area (Å²) in [5, 5.41) is 15.5. The summed E-state index contributed by atoms with van der Waals surface area (Å²) < 4.78 is 47.1. The number of ether oxygens (including phenoxy) is 1. The molecule has 29 heavy (non-hydrogen) atoms. The lowest BCUT2D eigenvalue weighted by Crippen LogP contribution is -2.13. The average molecular weight is 417 g/mol. The van der Waals surface area contributed by atoms with Crippen molar-refractivity contribution in [2.45, 2.75) is 6.18 Å². The minimum Gasteiger partial charge on any atom is -0.508 e. The van der Waals surface area contributed by atoms with Crippen LogP contribution in [0, 0.1) is 0 Å². The Morgan fingerprint density at radius 1 is 1.03 bits per heavy atom. The third-order valence-corrected chi connectivity index (χ3v) is 5.01. The number of phenolic OH excluding ortho intramolecular Hbond substituents is 1. The van der Waals surface area contributed by atoms with Crippen molar-refractivity contribution in [3.63, 3.8) is 0 Å². The van der Waals surface area contributed by atoms with Gasteiger partial charge in [0.15, 0.2) is 5.69 Å². The van der Waals surface area contributed by atoms with Crippen LogP contribution in [0.1, 0.15) is 5.69 Å². The van der Waals surface area contributed by atoms with E-state index in [0.717, 1.165) is 22.1 Å². The van der Waals surface area contributed by atoms with E-state index in [4.69, 9.17) is 4.74 Å². The molecule has 0 aliphatic carbocycles. The number of benzene rings is 2. The van der Waals surface area contributed by atoms with E-state index in [9.17, 15) is 18.3 Å². The van der Waals surface area contributed by atoms with Crippen molar-refractivity contribution < 1.29 is 23.0 Å². The molecule has 0 saturated carbocycles. The highest BCUT2D eigenvalue weighted by molar-refractivity contribution is 7.12. The van der Waals surface area contributed by atoms with Crippen molar-refractivity contribution in [1.82, 2.24) is 14.8 Å². The van der Waals surface area contributed by atoms with E-state index in [0.29, 0.717) is 22.6 Å². The van der Waals surface area contributed by atoms with Crippen LogP contribution in [0.5, 0.6) is 11.5 Å². The minimum atomic E-state index is -4.62. The van der Waals surface area contributed by atoms with Crippen molar-refractivity contribution in [3.05, 3.63) is 65.7 Å². The number of halogens is 3. The summed E-state index contributed by atoms with van der Waals surface area (Å²) in [5.41, 5.74) is 0.685. The maximum atomic E-state index is 13.7. The van der Waals surface area contributed by atoms with Crippen LogP contribution in [0.3, 0.4) is 0 Å². The first-order valence-corrected chi connectivity index (χ1v) is 9.31. The Bertz CT molecular complexity index is 1170. The number of aromatic hydroxyl groups is 1. The van der Waals surface area contributed by atoms with Crippen LogP contribution < -0.4 is 4.74 Å². The van der Waals surface area contributed by atoms with Gasteiger partial charge in [-0.25, -0.2) is 9.67 Å². The lowest BCUT2D eigenvalue weighted by molar-refractivity contribution is -0.142. The first-order valence-electron chi connectivity index (χ1n) is 8.43. The first-order chi connectivity index (χ1) is 13.9. The Balaban J connectivity index is 1.83. The van der Waals surface area contributed by atoms with Gasteiger partial charge in [-0.3, -0.25) is 0 Å². The third-order valence-electron chi connectivity index (χ3n) is 4.20. The van der Waals surface area contributed by atoms with E-state index >= 15 is 0 Å². The number of aromatic nitrogens is 3. The van der Waals surface area contributed by atoms with Crippen molar-refractivity contribution in [1.29, 1.82) is 0 Å². The molecule has 4 aromatic rings. The van der Waals surface area contributed by atoms with Gasteiger partial charge in [0.25, 0.3) is 0 Å². The van der Waals surface area contributed by atoms with Crippen LogP contribution in [0.2, 0.25) is 0 Å². The standard InChI is InChI=1S/C20H14F3N3O2S/c1-28-17-8-3-2-7-14(17)15-10-18(20(21,22)23)26(25-15)19-24-16(11-29-19)12-5-4-6-13(27)9-12/h2-11,27H,1H3. The van der Waals surface area contributed by atoms with E-state index < -0.39 is 11.9 Å². The van der Waals surface area contributed by atoms with Crippen LogP contribution in [0.15, 0.2) is 60.0 Å². The van der Waals surface area contributed by atoms with E-state index in [-0.39, 0.29) is 16.6 Å². The van der Waals surface area contributed by atoms with Crippen molar-refractivity contribution in [3.8, 4) is 39.1 Å². The number of hydrogen-bond donors (Lipinski definition) is 1. The highest BCUT2D eigenvalue weighted by atomic mass is 32.1. The van der Waals surface area contributed by atoms with E-state index in [1.165, 1.54) is 19.2 Å².